The highest BCUT2D eigenvalue weighted by atomic mass is 35.5. The maximum Gasteiger partial charge on any atom is 0.221 e. The molecular weight excluding hydrogens is 226 g/mol. The van der Waals surface area contributed by atoms with E-state index in [0.717, 1.165) is 11.3 Å². The summed E-state index contributed by atoms with van der Waals surface area (Å²) in [5.41, 5.74) is 1.02. The van der Waals surface area contributed by atoms with Crippen molar-refractivity contribution in [3.8, 4) is 5.75 Å². The van der Waals surface area contributed by atoms with Crippen molar-refractivity contribution in [1.29, 1.82) is 0 Å². The van der Waals surface area contributed by atoms with Gasteiger partial charge in [0.2, 0.25) is 5.91 Å². The molecule has 0 saturated carbocycles. The van der Waals surface area contributed by atoms with E-state index in [-0.39, 0.29) is 11.9 Å². The molecule has 16 heavy (non-hydrogen) atoms. The molecule has 0 saturated heterocycles. The van der Waals surface area contributed by atoms with Crippen LogP contribution in [0.15, 0.2) is 24.3 Å². The molecule has 0 spiro atoms. The summed E-state index contributed by atoms with van der Waals surface area (Å²) in [7, 11) is 1.62. The average molecular weight is 242 g/mol. The normalized spacial score (nSPS) is 11.9. The number of amides is 1. The maximum absolute atomic E-state index is 11.4. The highest BCUT2D eigenvalue weighted by molar-refractivity contribution is 6.18. The van der Waals surface area contributed by atoms with Crippen LogP contribution >= 0.6 is 11.6 Å². The van der Waals surface area contributed by atoms with Gasteiger partial charge in [0.25, 0.3) is 0 Å². The highest BCUT2D eigenvalue weighted by Crippen LogP contribution is 2.18. The van der Waals surface area contributed by atoms with Crippen LogP contribution in [-0.4, -0.2) is 18.9 Å². The Morgan fingerprint density at radius 3 is 2.94 bits per heavy atom. The van der Waals surface area contributed by atoms with Crippen molar-refractivity contribution in [2.75, 3.05) is 13.0 Å². The van der Waals surface area contributed by atoms with Gasteiger partial charge < -0.3 is 10.1 Å². The van der Waals surface area contributed by atoms with Crippen molar-refractivity contribution >= 4 is 17.5 Å². The molecule has 0 fully saturated rings. The van der Waals surface area contributed by atoms with E-state index in [1.807, 2.05) is 31.2 Å². The molecule has 1 N–H and O–H groups in total. The van der Waals surface area contributed by atoms with Crippen molar-refractivity contribution in [3.63, 3.8) is 0 Å². The van der Waals surface area contributed by atoms with E-state index in [1.165, 1.54) is 0 Å². The van der Waals surface area contributed by atoms with E-state index in [4.69, 9.17) is 16.3 Å². The van der Waals surface area contributed by atoms with Crippen LogP contribution in [-0.2, 0) is 4.79 Å². The van der Waals surface area contributed by atoms with Crippen LogP contribution in [0.5, 0.6) is 5.75 Å². The van der Waals surface area contributed by atoms with E-state index in [9.17, 15) is 4.79 Å². The zero-order valence-corrected chi connectivity index (χ0v) is 10.3. The van der Waals surface area contributed by atoms with Gasteiger partial charge in [-0.25, -0.2) is 0 Å². The van der Waals surface area contributed by atoms with Crippen LogP contribution < -0.4 is 10.1 Å². The Kier molecular flexibility index (Phi) is 5.12. The summed E-state index contributed by atoms with van der Waals surface area (Å²) in [5, 5.41) is 2.87. The maximum atomic E-state index is 11.4. The molecular formula is C12H16ClNO2. The molecule has 0 bridgehead atoms. The fourth-order valence-electron chi connectivity index (χ4n) is 1.39. The van der Waals surface area contributed by atoms with Gasteiger partial charge in [-0.05, 0) is 24.6 Å². The predicted octanol–water partition coefficient (Wildman–Crippen LogP) is 2.50. The van der Waals surface area contributed by atoms with Gasteiger partial charge in [-0.3, -0.25) is 4.79 Å². The first-order valence-corrected chi connectivity index (χ1v) is 5.70. The molecule has 3 nitrogen and oxygen atoms in total. The molecule has 0 heterocycles. The fraction of sp³-hybridized carbons (Fsp3) is 0.417. The van der Waals surface area contributed by atoms with Crippen molar-refractivity contribution in [3.05, 3.63) is 29.8 Å². The number of carbonyl (C=O) groups excluding carboxylic acids is 1. The molecule has 1 amide bonds. The second kappa shape index (κ2) is 6.38. The summed E-state index contributed by atoms with van der Waals surface area (Å²) in [4.78, 5) is 11.4. The lowest BCUT2D eigenvalue weighted by Gasteiger charge is -2.14. The van der Waals surface area contributed by atoms with E-state index in [0.29, 0.717) is 12.3 Å². The zero-order chi connectivity index (χ0) is 12.0. The first kappa shape index (κ1) is 12.8. The molecule has 0 aromatic heterocycles. The molecule has 4 heteroatoms. The van der Waals surface area contributed by atoms with Crippen molar-refractivity contribution in [1.82, 2.24) is 5.32 Å². The number of carbonyl (C=O) groups is 1. The van der Waals surface area contributed by atoms with Crippen molar-refractivity contribution < 1.29 is 9.53 Å². The number of nitrogens with one attached hydrogen (secondary N) is 1. The summed E-state index contributed by atoms with van der Waals surface area (Å²) < 4.78 is 5.12. The third kappa shape index (κ3) is 3.74. The number of ether oxygens (including phenoxy) is 1. The fourth-order valence-corrected chi connectivity index (χ4v) is 1.57. The Bertz CT molecular complexity index is 355. The Hall–Kier alpha value is -1.22. The molecule has 0 unspecified atom stereocenters. The second-order valence-electron chi connectivity index (χ2n) is 3.50. The van der Waals surface area contributed by atoms with Crippen LogP contribution in [0.4, 0.5) is 0 Å². The molecule has 0 aliphatic carbocycles. The van der Waals surface area contributed by atoms with Gasteiger partial charge in [-0.2, -0.15) is 0 Å². The quantitative estimate of drug-likeness (QED) is 0.805. The largest absolute Gasteiger partial charge is 0.497 e. The lowest BCUT2D eigenvalue weighted by molar-refractivity contribution is -0.121. The lowest BCUT2D eigenvalue weighted by atomic mass is 10.1. The Morgan fingerprint density at radius 1 is 1.56 bits per heavy atom. The molecule has 1 atom stereocenters. The molecule has 1 rings (SSSR count). The second-order valence-corrected chi connectivity index (χ2v) is 3.88. The first-order valence-electron chi connectivity index (χ1n) is 5.16. The number of hydrogen-bond acceptors (Lipinski definition) is 2. The van der Waals surface area contributed by atoms with Gasteiger partial charge in [-0.15, -0.1) is 11.6 Å². The molecule has 1 aromatic rings. The van der Waals surface area contributed by atoms with Crippen LogP contribution in [0.2, 0.25) is 0 Å². The van der Waals surface area contributed by atoms with Crippen LogP contribution in [0.3, 0.4) is 0 Å². The Morgan fingerprint density at radius 2 is 2.31 bits per heavy atom. The van der Waals surface area contributed by atoms with Gasteiger partial charge >= 0.3 is 0 Å². The SMILES string of the molecule is COc1cccc([C@@H](C)NC(=O)CCCl)c1. The summed E-state index contributed by atoms with van der Waals surface area (Å²) in [6.07, 6.45) is 0.343. The summed E-state index contributed by atoms with van der Waals surface area (Å²) in [6, 6.07) is 7.60. The van der Waals surface area contributed by atoms with Gasteiger partial charge in [0.15, 0.2) is 0 Å². The average Bonchev–Trinajstić information content (AvgIpc) is 2.29. The van der Waals surface area contributed by atoms with Gasteiger partial charge in [-0.1, -0.05) is 12.1 Å². The number of rotatable bonds is 5. The topological polar surface area (TPSA) is 38.3 Å². The minimum Gasteiger partial charge on any atom is -0.497 e. The molecule has 88 valence electrons. The summed E-state index contributed by atoms with van der Waals surface area (Å²) in [5.74, 6) is 1.10. The molecule has 1 aromatic carbocycles. The molecule has 0 aliphatic rings. The summed E-state index contributed by atoms with van der Waals surface area (Å²) >= 11 is 5.49. The minimum atomic E-state index is -0.0367. The van der Waals surface area contributed by atoms with Crippen LogP contribution in [0, 0.1) is 0 Å². The first-order chi connectivity index (χ1) is 7.67. The van der Waals surface area contributed by atoms with E-state index in [2.05, 4.69) is 5.32 Å². The van der Waals surface area contributed by atoms with Crippen LogP contribution in [0.1, 0.15) is 24.9 Å². The monoisotopic (exact) mass is 241 g/mol. The van der Waals surface area contributed by atoms with E-state index in [1.54, 1.807) is 7.11 Å². The van der Waals surface area contributed by atoms with Gasteiger partial charge in [0.05, 0.1) is 13.2 Å². The zero-order valence-electron chi connectivity index (χ0n) is 9.50. The Balaban J connectivity index is 2.64. The Labute approximate surface area is 101 Å². The van der Waals surface area contributed by atoms with Gasteiger partial charge in [0.1, 0.15) is 5.75 Å². The van der Waals surface area contributed by atoms with Crippen molar-refractivity contribution in [2.45, 2.75) is 19.4 Å². The highest BCUT2D eigenvalue weighted by Gasteiger charge is 2.09. The van der Waals surface area contributed by atoms with Crippen molar-refractivity contribution in [2.24, 2.45) is 0 Å². The number of methoxy groups -OCH3 is 1. The summed E-state index contributed by atoms with van der Waals surface area (Å²) in [6.45, 7) is 1.93. The number of benzene rings is 1. The third-order valence-electron chi connectivity index (χ3n) is 2.29. The lowest BCUT2D eigenvalue weighted by Crippen LogP contribution is -2.26. The molecule has 0 radical (unpaired) electrons. The standard InChI is InChI=1S/C12H16ClNO2/c1-9(14-12(15)6-7-13)10-4-3-5-11(8-10)16-2/h3-5,8-9H,6-7H2,1-2H3,(H,14,15)/t9-/m1/s1. The number of hydrogen-bond donors (Lipinski definition) is 1. The predicted molar refractivity (Wildman–Crippen MR) is 64.9 cm³/mol. The number of alkyl halides is 1. The molecule has 0 aliphatic heterocycles. The smallest absolute Gasteiger partial charge is 0.221 e. The third-order valence-corrected chi connectivity index (χ3v) is 2.48. The van der Waals surface area contributed by atoms with E-state index >= 15 is 0 Å². The number of halogens is 1. The van der Waals surface area contributed by atoms with Crippen LogP contribution in [0.25, 0.3) is 0 Å². The minimum absolute atomic E-state index is 0.0363. The van der Waals surface area contributed by atoms with Gasteiger partial charge in [0, 0.05) is 12.3 Å². The van der Waals surface area contributed by atoms with E-state index < -0.39 is 0 Å².